The van der Waals surface area contributed by atoms with Crippen LogP contribution in [-0.4, -0.2) is 12.6 Å². The highest BCUT2D eigenvalue weighted by Gasteiger charge is 2.19. The SMILES string of the molecule is CCCCC/C=C\C/C=C\C/C=C\C/C=C\CCCCNC1CC1. The molecule has 1 rings (SSSR count). The Morgan fingerprint density at radius 3 is 1.67 bits per heavy atom. The zero-order valence-corrected chi connectivity index (χ0v) is 15.9. The summed E-state index contributed by atoms with van der Waals surface area (Å²) >= 11 is 0. The Kier molecular flexibility index (Phi) is 14.6. The van der Waals surface area contributed by atoms with Gasteiger partial charge >= 0.3 is 0 Å². The largest absolute Gasteiger partial charge is 0.314 e. The highest BCUT2D eigenvalue weighted by atomic mass is 14.9. The molecule has 0 spiro atoms. The Morgan fingerprint density at radius 2 is 1.17 bits per heavy atom. The van der Waals surface area contributed by atoms with E-state index in [4.69, 9.17) is 0 Å². The van der Waals surface area contributed by atoms with Gasteiger partial charge in [0, 0.05) is 6.04 Å². The molecule has 0 saturated heterocycles. The first-order valence-electron chi connectivity index (χ1n) is 10.3. The molecule has 1 aliphatic carbocycles. The van der Waals surface area contributed by atoms with Gasteiger partial charge in [-0.2, -0.15) is 0 Å². The lowest BCUT2D eigenvalue weighted by Crippen LogP contribution is -2.17. The van der Waals surface area contributed by atoms with Gasteiger partial charge in [0.25, 0.3) is 0 Å². The van der Waals surface area contributed by atoms with E-state index in [-0.39, 0.29) is 0 Å². The smallest absolute Gasteiger partial charge is 0.00682 e. The molecule has 0 aromatic carbocycles. The predicted molar refractivity (Wildman–Crippen MR) is 109 cm³/mol. The van der Waals surface area contributed by atoms with Gasteiger partial charge in [0.05, 0.1) is 0 Å². The lowest BCUT2D eigenvalue weighted by Gasteiger charge is -1.99. The van der Waals surface area contributed by atoms with Crippen LogP contribution in [0.3, 0.4) is 0 Å². The third-order valence-corrected chi connectivity index (χ3v) is 4.27. The van der Waals surface area contributed by atoms with Crippen LogP contribution in [0.25, 0.3) is 0 Å². The van der Waals surface area contributed by atoms with Gasteiger partial charge in [0.15, 0.2) is 0 Å². The van der Waals surface area contributed by atoms with Crippen molar-refractivity contribution in [3.05, 3.63) is 48.6 Å². The van der Waals surface area contributed by atoms with Gasteiger partial charge < -0.3 is 5.32 Å². The molecular weight excluding hydrogens is 290 g/mol. The van der Waals surface area contributed by atoms with E-state index in [0.717, 1.165) is 25.3 Å². The minimum absolute atomic E-state index is 0.863. The highest BCUT2D eigenvalue weighted by molar-refractivity contribution is 4.99. The number of allylic oxidation sites excluding steroid dienone is 8. The Hall–Kier alpha value is -1.08. The minimum atomic E-state index is 0.863. The van der Waals surface area contributed by atoms with Crippen molar-refractivity contribution in [3.8, 4) is 0 Å². The molecule has 1 nitrogen and oxygen atoms in total. The molecule has 1 N–H and O–H groups in total. The minimum Gasteiger partial charge on any atom is -0.314 e. The molecule has 0 atom stereocenters. The standard InChI is InChI=1S/C23H39N/c1-2-3-4-5-6-7-8-9-10-11-12-13-14-15-16-17-18-19-22-24-23-20-21-23/h6-7,9-10,12-13,15-16,23-24H,2-5,8,11,14,17-22H2,1H3/b7-6-,10-9-,13-12-,16-15-. The summed E-state index contributed by atoms with van der Waals surface area (Å²) in [7, 11) is 0. The average Bonchev–Trinajstić information content (AvgIpc) is 3.41. The van der Waals surface area contributed by atoms with Gasteiger partial charge in [-0.25, -0.2) is 0 Å². The maximum absolute atomic E-state index is 3.57. The quantitative estimate of drug-likeness (QED) is 0.240. The van der Waals surface area contributed by atoms with Crippen molar-refractivity contribution in [2.75, 3.05) is 6.54 Å². The number of rotatable bonds is 16. The summed E-state index contributed by atoms with van der Waals surface area (Å²) in [6.07, 6.45) is 33.4. The second-order valence-corrected chi connectivity index (χ2v) is 6.81. The molecule has 1 fully saturated rings. The molecule has 0 bridgehead atoms. The summed E-state index contributed by atoms with van der Waals surface area (Å²) in [6.45, 7) is 3.46. The van der Waals surface area contributed by atoms with E-state index in [1.807, 2.05) is 0 Å². The molecular formula is C23H39N. The zero-order chi connectivity index (χ0) is 17.1. The van der Waals surface area contributed by atoms with E-state index in [9.17, 15) is 0 Å². The summed E-state index contributed by atoms with van der Waals surface area (Å²) in [5, 5.41) is 3.57. The van der Waals surface area contributed by atoms with Gasteiger partial charge in [-0.1, -0.05) is 68.4 Å². The molecule has 136 valence electrons. The Balaban J connectivity index is 1.80. The van der Waals surface area contributed by atoms with Crippen LogP contribution in [0.5, 0.6) is 0 Å². The van der Waals surface area contributed by atoms with Crippen molar-refractivity contribution >= 4 is 0 Å². The van der Waals surface area contributed by atoms with E-state index in [1.165, 1.54) is 64.3 Å². The molecule has 0 aromatic heterocycles. The van der Waals surface area contributed by atoms with Crippen LogP contribution in [0.2, 0.25) is 0 Å². The summed E-state index contributed by atoms with van der Waals surface area (Å²) in [5.41, 5.74) is 0. The molecule has 0 unspecified atom stereocenters. The number of hydrogen-bond donors (Lipinski definition) is 1. The lowest BCUT2D eigenvalue weighted by atomic mass is 10.2. The first-order valence-corrected chi connectivity index (χ1v) is 10.3. The molecule has 1 aliphatic rings. The Morgan fingerprint density at radius 1 is 0.667 bits per heavy atom. The maximum Gasteiger partial charge on any atom is 0.00682 e. The molecule has 0 aliphatic heterocycles. The van der Waals surface area contributed by atoms with E-state index in [0.29, 0.717) is 0 Å². The van der Waals surface area contributed by atoms with Crippen molar-refractivity contribution < 1.29 is 0 Å². The average molecular weight is 330 g/mol. The van der Waals surface area contributed by atoms with Crippen LogP contribution in [0.1, 0.15) is 84.0 Å². The van der Waals surface area contributed by atoms with Crippen LogP contribution in [0.4, 0.5) is 0 Å². The fraction of sp³-hybridized carbons (Fsp3) is 0.652. The van der Waals surface area contributed by atoms with Crippen LogP contribution in [0.15, 0.2) is 48.6 Å². The highest BCUT2D eigenvalue weighted by Crippen LogP contribution is 2.18. The zero-order valence-electron chi connectivity index (χ0n) is 15.9. The van der Waals surface area contributed by atoms with Gasteiger partial charge in [-0.3, -0.25) is 0 Å². The Bertz CT molecular complexity index is 371. The van der Waals surface area contributed by atoms with Crippen molar-refractivity contribution in [1.82, 2.24) is 5.32 Å². The van der Waals surface area contributed by atoms with Crippen LogP contribution in [-0.2, 0) is 0 Å². The molecule has 0 aromatic rings. The summed E-state index contributed by atoms with van der Waals surface area (Å²) in [4.78, 5) is 0. The van der Waals surface area contributed by atoms with Crippen molar-refractivity contribution in [2.24, 2.45) is 0 Å². The molecule has 1 heteroatoms. The van der Waals surface area contributed by atoms with Crippen molar-refractivity contribution in [2.45, 2.75) is 90.0 Å². The van der Waals surface area contributed by atoms with E-state index in [1.54, 1.807) is 0 Å². The fourth-order valence-electron chi connectivity index (χ4n) is 2.54. The van der Waals surface area contributed by atoms with Gasteiger partial charge in [-0.05, 0) is 70.8 Å². The molecule has 0 heterocycles. The number of unbranched alkanes of at least 4 members (excludes halogenated alkanes) is 5. The van der Waals surface area contributed by atoms with E-state index < -0.39 is 0 Å². The van der Waals surface area contributed by atoms with Crippen molar-refractivity contribution in [1.29, 1.82) is 0 Å². The normalized spacial score (nSPS) is 15.7. The molecule has 0 amide bonds. The second-order valence-electron chi connectivity index (χ2n) is 6.81. The van der Waals surface area contributed by atoms with Crippen LogP contribution >= 0.6 is 0 Å². The third-order valence-electron chi connectivity index (χ3n) is 4.27. The second kappa shape index (κ2) is 16.8. The number of nitrogens with one attached hydrogen (secondary N) is 1. The fourth-order valence-corrected chi connectivity index (χ4v) is 2.54. The summed E-state index contributed by atoms with van der Waals surface area (Å²) < 4.78 is 0. The molecule has 1 saturated carbocycles. The summed E-state index contributed by atoms with van der Waals surface area (Å²) in [6, 6.07) is 0.863. The first kappa shape index (κ1) is 21.0. The first-order chi connectivity index (χ1) is 11.9. The monoisotopic (exact) mass is 329 g/mol. The Labute approximate surface area is 151 Å². The van der Waals surface area contributed by atoms with E-state index in [2.05, 4.69) is 60.8 Å². The number of hydrogen-bond acceptors (Lipinski definition) is 1. The summed E-state index contributed by atoms with van der Waals surface area (Å²) in [5.74, 6) is 0. The third kappa shape index (κ3) is 15.8. The van der Waals surface area contributed by atoms with Gasteiger partial charge in [-0.15, -0.1) is 0 Å². The topological polar surface area (TPSA) is 12.0 Å². The van der Waals surface area contributed by atoms with Gasteiger partial charge in [0.2, 0.25) is 0 Å². The van der Waals surface area contributed by atoms with Gasteiger partial charge in [0.1, 0.15) is 0 Å². The predicted octanol–water partition coefficient (Wildman–Crippen LogP) is 6.88. The van der Waals surface area contributed by atoms with Crippen LogP contribution < -0.4 is 5.32 Å². The van der Waals surface area contributed by atoms with Crippen molar-refractivity contribution in [3.63, 3.8) is 0 Å². The maximum atomic E-state index is 3.57. The van der Waals surface area contributed by atoms with Crippen LogP contribution in [0, 0.1) is 0 Å². The van der Waals surface area contributed by atoms with E-state index >= 15 is 0 Å². The molecule has 24 heavy (non-hydrogen) atoms. The lowest BCUT2D eigenvalue weighted by molar-refractivity contribution is 0.623. The molecule has 0 radical (unpaired) electrons.